The first-order valence-electron chi connectivity index (χ1n) is 5.63. The molecule has 0 spiro atoms. The van der Waals surface area contributed by atoms with Crippen molar-refractivity contribution in [3.05, 3.63) is 36.4 Å². The fraction of sp³-hybridized carbons (Fsp3) is 0. The number of fused-ring (bicyclic) bond motifs is 1. The van der Waals surface area contributed by atoms with Gasteiger partial charge in [0.1, 0.15) is 0 Å². The first kappa shape index (κ1) is 13.6. The fourth-order valence-electron chi connectivity index (χ4n) is 1.92. The lowest BCUT2D eigenvalue weighted by atomic mass is 10.1. The van der Waals surface area contributed by atoms with E-state index in [-0.39, 0.29) is 0 Å². The second-order valence-electron chi connectivity index (χ2n) is 4.07. The van der Waals surface area contributed by atoms with Crippen LogP contribution in [-0.2, 0) is 0 Å². The van der Waals surface area contributed by atoms with Crippen LogP contribution >= 0.6 is 0 Å². The Balaban J connectivity index is 2.70. The van der Waals surface area contributed by atoms with Crippen molar-refractivity contribution in [1.82, 2.24) is 0 Å². The predicted molar refractivity (Wildman–Crippen MR) is 76.4 cm³/mol. The van der Waals surface area contributed by atoms with Crippen LogP contribution in [0.25, 0.3) is 10.8 Å². The molecule has 0 fully saturated rings. The van der Waals surface area contributed by atoms with Crippen LogP contribution in [0.5, 0.6) is 0 Å². The number of anilines is 2. The van der Waals surface area contributed by atoms with E-state index in [4.69, 9.17) is 23.2 Å². The summed E-state index contributed by atoms with van der Waals surface area (Å²) in [6.07, 6.45) is 0. The number of nitrogens with two attached hydrogens (primary N) is 4. The molecule has 20 heavy (non-hydrogen) atoms. The van der Waals surface area contributed by atoms with Gasteiger partial charge >= 0.3 is 12.1 Å². The quantitative estimate of drug-likeness (QED) is 0.356. The van der Waals surface area contributed by atoms with Gasteiger partial charge in [0.25, 0.3) is 0 Å². The lowest BCUT2D eigenvalue weighted by molar-refractivity contribution is 0.253. The monoisotopic (exact) mass is 274 g/mol. The number of nitrogens with zero attached hydrogens (tertiary/aromatic N) is 2. The molecule has 0 unspecified atom stereocenters. The van der Waals surface area contributed by atoms with Crippen LogP contribution in [0.15, 0.2) is 36.4 Å². The van der Waals surface area contributed by atoms with Gasteiger partial charge in [-0.2, -0.15) is 0 Å². The molecule has 0 saturated carbocycles. The van der Waals surface area contributed by atoms with Gasteiger partial charge < -0.3 is 11.5 Å². The Hall–Kier alpha value is -2.84. The molecule has 2 aromatic rings. The summed E-state index contributed by atoms with van der Waals surface area (Å²) in [5.41, 5.74) is 11.1. The largest absolute Gasteiger partial charge is 0.350 e. The van der Waals surface area contributed by atoms with Crippen LogP contribution in [0.4, 0.5) is 21.0 Å². The summed E-state index contributed by atoms with van der Waals surface area (Å²) >= 11 is 0. The molecule has 4 amide bonds. The third kappa shape index (κ3) is 2.20. The number of rotatable bonds is 2. The first-order chi connectivity index (χ1) is 9.43. The Labute approximate surface area is 114 Å². The van der Waals surface area contributed by atoms with E-state index in [1.807, 2.05) is 0 Å². The van der Waals surface area contributed by atoms with Crippen LogP contribution in [0.3, 0.4) is 0 Å². The minimum atomic E-state index is -0.803. The van der Waals surface area contributed by atoms with Crippen molar-refractivity contribution in [2.24, 2.45) is 23.2 Å². The van der Waals surface area contributed by atoms with E-state index in [0.29, 0.717) is 22.1 Å². The van der Waals surface area contributed by atoms with Gasteiger partial charge in [-0.3, -0.25) is 0 Å². The standard InChI is InChI=1S/C12H14N6O2/c13-11(19)17(15)9-5-6-10(18(16)12(14)20)8-4-2-1-3-7(8)9/h1-6H,15-16H2,(H2,13,19)(H2,14,20). The van der Waals surface area contributed by atoms with E-state index in [2.05, 4.69) is 0 Å². The molecule has 0 aliphatic heterocycles. The molecular formula is C12H14N6O2. The number of carbonyl (C=O) groups is 2. The highest BCUT2D eigenvalue weighted by Gasteiger charge is 2.16. The number of hydrogen-bond acceptors (Lipinski definition) is 4. The van der Waals surface area contributed by atoms with Gasteiger partial charge in [-0.1, -0.05) is 24.3 Å². The Morgan fingerprint density at radius 1 is 0.750 bits per heavy atom. The Morgan fingerprint density at radius 3 is 1.40 bits per heavy atom. The van der Waals surface area contributed by atoms with E-state index < -0.39 is 12.1 Å². The lowest BCUT2D eigenvalue weighted by Crippen LogP contribution is -2.42. The molecule has 2 aromatic carbocycles. The summed E-state index contributed by atoms with van der Waals surface area (Å²) in [6.45, 7) is 0. The molecule has 0 heterocycles. The number of urea groups is 2. The van der Waals surface area contributed by atoms with Gasteiger partial charge in [-0.25, -0.2) is 31.3 Å². The predicted octanol–water partition coefficient (Wildman–Crippen LogP) is 0.357. The number of hydrazine groups is 2. The Morgan fingerprint density at radius 2 is 1.10 bits per heavy atom. The van der Waals surface area contributed by atoms with Crippen molar-refractivity contribution in [2.45, 2.75) is 0 Å². The average Bonchev–Trinajstić information content (AvgIpc) is 2.44. The highest BCUT2D eigenvalue weighted by molar-refractivity contribution is 6.09. The topological polar surface area (TPSA) is 145 Å². The van der Waals surface area contributed by atoms with Gasteiger partial charge in [0.05, 0.1) is 11.4 Å². The minimum absolute atomic E-state index is 0.398. The molecule has 8 heteroatoms. The lowest BCUT2D eigenvalue weighted by Gasteiger charge is -2.21. The molecule has 0 atom stereocenters. The van der Waals surface area contributed by atoms with E-state index in [1.165, 1.54) is 12.1 Å². The molecule has 2 rings (SSSR count). The molecule has 0 bridgehead atoms. The van der Waals surface area contributed by atoms with Crippen molar-refractivity contribution < 1.29 is 9.59 Å². The summed E-state index contributed by atoms with van der Waals surface area (Å²) in [7, 11) is 0. The van der Waals surface area contributed by atoms with E-state index in [9.17, 15) is 9.59 Å². The van der Waals surface area contributed by atoms with Gasteiger partial charge in [0.2, 0.25) is 0 Å². The van der Waals surface area contributed by atoms with Crippen molar-refractivity contribution in [3.8, 4) is 0 Å². The summed E-state index contributed by atoms with van der Waals surface area (Å²) in [5, 5.41) is 2.86. The third-order valence-corrected chi connectivity index (χ3v) is 2.87. The Kier molecular flexibility index (Phi) is 3.42. The summed E-state index contributed by atoms with van der Waals surface area (Å²) in [4.78, 5) is 22.4. The van der Waals surface area contributed by atoms with E-state index in [1.54, 1.807) is 24.3 Å². The third-order valence-electron chi connectivity index (χ3n) is 2.87. The van der Waals surface area contributed by atoms with Crippen LogP contribution in [0, 0.1) is 0 Å². The van der Waals surface area contributed by atoms with Crippen molar-refractivity contribution in [1.29, 1.82) is 0 Å². The van der Waals surface area contributed by atoms with Crippen LogP contribution < -0.4 is 33.2 Å². The van der Waals surface area contributed by atoms with Gasteiger partial charge in [0, 0.05) is 10.8 Å². The van der Waals surface area contributed by atoms with Gasteiger partial charge in [-0.05, 0) is 12.1 Å². The normalized spacial score (nSPS) is 10.3. The maximum Gasteiger partial charge on any atom is 0.333 e. The summed E-state index contributed by atoms with van der Waals surface area (Å²) < 4.78 is 0. The molecule has 0 aliphatic rings. The number of carbonyl (C=O) groups excluding carboxylic acids is 2. The SMILES string of the molecule is NC(=O)N(N)c1ccc(N(N)C(N)=O)c2ccccc12. The number of primary amides is 2. The van der Waals surface area contributed by atoms with Crippen molar-refractivity contribution in [3.63, 3.8) is 0 Å². The molecule has 8 N–H and O–H groups in total. The highest BCUT2D eigenvalue weighted by Crippen LogP contribution is 2.32. The fourth-order valence-corrected chi connectivity index (χ4v) is 1.92. The molecule has 0 radical (unpaired) electrons. The van der Waals surface area contributed by atoms with Crippen molar-refractivity contribution in [2.75, 3.05) is 10.0 Å². The molecular weight excluding hydrogens is 260 g/mol. The highest BCUT2D eigenvalue weighted by atomic mass is 16.2. The second-order valence-corrected chi connectivity index (χ2v) is 4.07. The first-order valence-corrected chi connectivity index (χ1v) is 5.63. The molecule has 104 valence electrons. The second kappa shape index (κ2) is 5.03. The maximum atomic E-state index is 11.2. The zero-order chi connectivity index (χ0) is 14.9. The van der Waals surface area contributed by atoms with E-state index in [0.717, 1.165) is 10.0 Å². The van der Waals surface area contributed by atoms with Crippen molar-refractivity contribution >= 4 is 34.2 Å². The molecule has 8 nitrogen and oxygen atoms in total. The average molecular weight is 274 g/mol. The van der Waals surface area contributed by atoms with E-state index >= 15 is 0 Å². The summed E-state index contributed by atoms with van der Waals surface area (Å²) in [6, 6.07) is 8.43. The molecule has 0 aliphatic carbocycles. The van der Waals surface area contributed by atoms with Gasteiger partial charge in [-0.15, -0.1) is 0 Å². The maximum absolute atomic E-state index is 11.2. The van der Waals surface area contributed by atoms with Crippen LogP contribution in [-0.4, -0.2) is 12.1 Å². The number of benzene rings is 2. The Bertz CT molecular complexity index is 628. The molecule has 0 saturated heterocycles. The number of amides is 4. The van der Waals surface area contributed by atoms with Gasteiger partial charge in [0.15, 0.2) is 0 Å². The van der Waals surface area contributed by atoms with Crippen LogP contribution in [0.1, 0.15) is 0 Å². The zero-order valence-electron chi connectivity index (χ0n) is 10.5. The number of hydrogen-bond donors (Lipinski definition) is 4. The molecule has 0 aromatic heterocycles. The zero-order valence-corrected chi connectivity index (χ0v) is 10.5. The minimum Gasteiger partial charge on any atom is -0.350 e. The summed E-state index contributed by atoms with van der Waals surface area (Å²) in [5.74, 6) is 11.2. The smallest absolute Gasteiger partial charge is 0.333 e. The van der Waals surface area contributed by atoms with Crippen LogP contribution in [0.2, 0.25) is 0 Å².